The highest BCUT2D eigenvalue weighted by Gasteiger charge is 2.50. The van der Waals surface area contributed by atoms with E-state index in [1.54, 1.807) is 11.1 Å². The summed E-state index contributed by atoms with van der Waals surface area (Å²) in [5, 5.41) is 0. The molecule has 2 aromatic rings. The van der Waals surface area contributed by atoms with Crippen molar-refractivity contribution in [2.75, 3.05) is 0 Å². The van der Waals surface area contributed by atoms with Crippen molar-refractivity contribution in [1.29, 1.82) is 0 Å². The summed E-state index contributed by atoms with van der Waals surface area (Å²) < 4.78 is 0. The first kappa shape index (κ1) is 14.5. The van der Waals surface area contributed by atoms with Gasteiger partial charge in [-0.25, -0.2) is 0 Å². The lowest BCUT2D eigenvalue weighted by molar-refractivity contribution is 0.689. The van der Waals surface area contributed by atoms with Crippen molar-refractivity contribution in [1.82, 2.24) is 0 Å². The molecular formula is C23H24Si. The third kappa shape index (κ3) is 1.97. The number of fused-ring (bicyclic) bond motifs is 3. The van der Waals surface area contributed by atoms with Crippen LogP contribution in [0.4, 0.5) is 0 Å². The van der Waals surface area contributed by atoms with Gasteiger partial charge in [0.15, 0.2) is 0 Å². The van der Waals surface area contributed by atoms with E-state index in [2.05, 4.69) is 72.8 Å². The van der Waals surface area contributed by atoms with Crippen molar-refractivity contribution < 1.29 is 0 Å². The average Bonchev–Trinajstić information content (AvgIpc) is 3.29. The van der Waals surface area contributed by atoms with E-state index in [-0.39, 0.29) is 0 Å². The Hall–Kier alpha value is -1.86. The van der Waals surface area contributed by atoms with Gasteiger partial charge in [0.1, 0.15) is 0 Å². The number of rotatable bonds is 2. The third-order valence-corrected chi connectivity index (χ3v) is 12.7. The van der Waals surface area contributed by atoms with Gasteiger partial charge in [-0.1, -0.05) is 104 Å². The van der Waals surface area contributed by atoms with E-state index in [0.29, 0.717) is 5.54 Å². The second-order valence-electron chi connectivity index (χ2n) is 7.70. The first-order valence-electron chi connectivity index (χ1n) is 9.43. The van der Waals surface area contributed by atoms with Crippen LogP contribution in [0.3, 0.4) is 0 Å². The average molecular weight is 329 g/mol. The van der Waals surface area contributed by atoms with E-state index in [1.807, 2.05) is 0 Å². The quantitative estimate of drug-likeness (QED) is 0.554. The van der Waals surface area contributed by atoms with E-state index < -0.39 is 8.07 Å². The standard InChI is InChI=1S/C23H24Si/c1-8-16-24(17-9-1,18-10-2-3-11-18)23-21-14-6-4-12-19(21)20-13-5-7-15-22(20)23/h2-7,10-15,18,23H,1,8-9,16-17H2. The Balaban J connectivity index is 1.74. The Labute approximate surface area is 145 Å². The van der Waals surface area contributed by atoms with Gasteiger partial charge in [0.2, 0.25) is 0 Å². The van der Waals surface area contributed by atoms with Gasteiger partial charge in [-0.05, 0) is 27.8 Å². The zero-order valence-electron chi connectivity index (χ0n) is 14.1. The molecular weight excluding hydrogens is 304 g/mol. The minimum atomic E-state index is -1.49. The zero-order chi connectivity index (χ0) is 16.0. The van der Waals surface area contributed by atoms with Crippen molar-refractivity contribution >= 4 is 8.07 Å². The maximum atomic E-state index is 2.51. The van der Waals surface area contributed by atoms with Gasteiger partial charge in [-0.15, -0.1) is 0 Å². The van der Waals surface area contributed by atoms with Crippen LogP contribution >= 0.6 is 0 Å². The van der Waals surface area contributed by atoms with Crippen LogP contribution in [0.1, 0.15) is 35.9 Å². The third-order valence-electron chi connectivity index (χ3n) is 6.60. The van der Waals surface area contributed by atoms with Crippen LogP contribution < -0.4 is 0 Å². The Kier molecular flexibility index (Phi) is 3.38. The number of hydrogen-bond acceptors (Lipinski definition) is 0. The zero-order valence-corrected chi connectivity index (χ0v) is 15.1. The molecule has 120 valence electrons. The minimum Gasteiger partial charge on any atom is -0.0803 e. The number of benzene rings is 2. The predicted octanol–water partition coefficient (Wildman–Crippen LogP) is 6.47. The highest BCUT2D eigenvalue weighted by atomic mass is 28.3. The molecule has 1 saturated heterocycles. The van der Waals surface area contributed by atoms with Crippen molar-refractivity contribution in [3.63, 3.8) is 0 Å². The van der Waals surface area contributed by atoms with Crippen LogP contribution in [0.2, 0.25) is 17.6 Å². The molecule has 0 atom stereocenters. The molecule has 0 radical (unpaired) electrons. The van der Waals surface area contributed by atoms with Gasteiger partial charge in [0.25, 0.3) is 0 Å². The molecule has 5 rings (SSSR count). The van der Waals surface area contributed by atoms with Gasteiger partial charge in [-0.2, -0.15) is 0 Å². The van der Waals surface area contributed by atoms with Gasteiger partial charge < -0.3 is 0 Å². The summed E-state index contributed by atoms with van der Waals surface area (Å²) in [7, 11) is -1.49. The van der Waals surface area contributed by atoms with Crippen LogP contribution in [0.15, 0.2) is 72.8 Å². The Morgan fingerprint density at radius 3 is 1.79 bits per heavy atom. The van der Waals surface area contributed by atoms with Crippen molar-refractivity contribution in [2.24, 2.45) is 0 Å². The van der Waals surface area contributed by atoms with E-state index in [4.69, 9.17) is 0 Å². The molecule has 24 heavy (non-hydrogen) atoms. The molecule has 0 bridgehead atoms. The summed E-state index contributed by atoms with van der Waals surface area (Å²) in [4.78, 5) is 0. The lowest BCUT2D eigenvalue weighted by Crippen LogP contribution is -2.46. The fourth-order valence-corrected chi connectivity index (χ4v) is 12.0. The smallest absolute Gasteiger partial charge is 0.0774 e. The lowest BCUT2D eigenvalue weighted by Gasteiger charge is -2.44. The molecule has 3 aliphatic rings. The molecule has 2 aromatic carbocycles. The summed E-state index contributed by atoms with van der Waals surface area (Å²) in [6, 6.07) is 21.4. The summed E-state index contributed by atoms with van der Waals surface area (Å²) in [6.07, 6.45) is 13.9. The molecule has 0 aromatic heterocycles. The molecule has 1 heterocycles. The van der Waals surface area contributed by atoms with Crippen molar-refractivity contribution in [3.8, 4) is 11.1 Å². The molecule has 0 unspecified atom stereocenters. The summed E-state index contributed by atoms with van der Waals surface area (Å²) in [6.45, 7) is 0. The minimum absolute atomic E-state index is 0.683. The second kappa shape index (κ2) is 5.60. The van der Waals surface area contributed by atoms with Crippen molar-refractivity contribution in [3.05, 3.63) is 84.0 Å². The number of allylic oxidation sites excluding steroid dienone is 4. The normalized spacial score (nSPS) is 21.8. The Bertz CT molecular complexity index is 766. The van der Waals surface area contributed by atoms with Crippen LogP contribution in [0, 0.1) is 0 Å². The SMILES string of the molecule is C1=CC([Si]2(C3c4ccccc4-c4ccccc43)CCCCC2)C=C1. The van der Waals surface area contributed by atoms with E-state index in [1.165, 1.54) is 42.5 Å². The summed E-state index contributed by atoms with van der Waals surface area (Å²) >= 11 is 0. The molecule has 2 aliphatic carbocycles. The highest BCUT2D eigenvalue weighted by molar-refractivity contribution is 6.84. The maximum Gasteiger partial charge on any atom is 0.0774 e. The molecule has 1 aliphatic heterocycles. The monoisotopic (exact) mass is 328 g/mol. The molecule has 0 saturated carbocycles. The van der Waals surface area contributed by atoms with Gasteiger partial charge in [-0.3, -0.25) is 0 Å². The summed E-state index contributed by atoms with van der Waals surface area (Å²) in [5.41, 5.74) is 7.66. The maximum absolute atomic E-state index is 2.51. The Morgan fingerprint density at radius 1 is 0.667 bits per heavy atom. The fraction of sp³-hybridized carbons (Fsp3) is 0.304. The molecule has 0 amide bonds. The molecule has 0 spiro atoms. The first-order chi connectivity index (χ1) is 11.9. The lowest BCUT2D eigenvalue weighted by atomic mass is 10.1. The molecule has 0 N–H and O–H groups in total. The van der Waals surface area contributed by atoms with Crippen LogP contribution in [-0.4, -0.2) is 8.07 Å². The van der Waals surface area contributed by atoms with E-state index in [9.17, 15) is 0 Å². The van der Waals surface area contributed by atoms with Gasteiger partial charge in [0.05, 0.1) is 8.07 Å². The fourth-order valence-electron chi connectivity index (χ4n) is 5.61. The van der Waals surface area contributed by atoms with Crippen LogP contribution in [0.25, 0.3) is 11.1 Å². The first-order valence-corrected chi connectivity index (χ1v) is 12.0. The van der Waals surface area contributed by atoms with Crippen molar-refractivity contribution in [2.45, 2.75) is 42.4 Å². The van der Waals surface area contributed by atoms with Gasteiger partial charge >= 0.3 is 0 Å². The molecule has 1 fully saturated rings. The van der Waals surface area contributed by atoms with E-state index in [0.717, 1.165) is 5.54 Å². The number of hydrogen-bond donors (Lipinski definition) is 0. The van der Waals surface area contributed by atoms with Crippen LogP contribution in [-0.2, 0) is 0 Å². The highest BCUT2D eigenvalue weighted by Crippen LogP contribution is 2.57. The topological polar surface area (TPSA) is 0 Å². The summed E-state index contributed by atoms with van der Waals surface area (Å²) in [5.74, 6) is 0. The Morgan fingerprint density at radius 2 is 1.21 bits per heavy atom. The molecule has 1 heteroatoms. The van der Waals surface area contributed by atoms with Crippen LogP contribution in [0.5, 0.6) is 0 Å². The predicted molar refractivity (Wildman–Crippen MR) is 105 cm³/mol. The second-order valence-corrected chi connectivity index (χ2v) is 12.4. The molecule has 0 nitrogen and oxygen atoms in total. The van der Waals surface area contributed by atoms with Gasteiger partial charge in [0, 0.05) is 5.54 Å². The largest absolute Gasteiger partial charge is 0.0803 e. The van der Waals surface area contributed by atoms with E-state index >= 15 is 0 Å².